The first-order valence-electron chi connectivity index (χ1n) is 7.64. The highest BCUT2D eigenvalue weighted by Gasteiger charge is 2.42. The molecule has 24 heavy (non-hydrogen) atoms. The van der Waals surface area contributed by atoms with Crippen molar-refractivity contribution in [3.05, 3.63) is 0 Å². The van der Waals surface area contributed by atoms with Gasteiger partial charge in [-0.15, -0.1) is 24.8 Å². The van der Waals surface area contributed by atoms with Crippen LogP contribution in [0.4, 0.5) is 26.3 Å². The van der Waals surface area contributed by atoms with Crippen molar-refractivity contribution in [3.8, 4) is 0 Å². The molecule has 148 valence electrons. The Labute approximate surface area is 150 Å². The van der Waals surface area contributed by atoms with Crippen molar-refractivity contribution in [1.82, 2.24) is 0 Å². The molecule has 2 nitrogen and oxygen atoms in total. The van der Waals surface area contributed by atoms with E-state index in [1.807, 2.05) is 0 Å². The maximum Gasteiger partial charge on any atom is 0.391 e. The number of rotatable bonds is 0. The summed E-state index contributed by atoms with van der Waals surface area (Å²) in [5, 5.41) is 0. The molecule has 0 aliphatic heterocycles. The van der Waals surface area contributed by atoms with Crippen LogP contribution in [0.25, 0.3) is 0 Å². The molecule has 2 fully saturated rings. The summed E-state index contributed by atoms with van der Waals surface area (Å²) in [4.78, 5) is 0. The van der Waals surface area contributed by atoms with Gasteiger partial charge in [0.1, 0.15) is 0 Å². The minimum Gasteiger partial charge on any atom is -0.328 e. The molecule has 2 aliphatic carbocycles. The van der Waals surface area contributed by atoms with Crippen LogP contribution in [0.5, 0.6) is 0 Å². The van der Waals surface area contributed by atoms with Crippen LogP contribution in [-0.2, 0) is 0 Å². The van der Waals surface area contributed by atoms with Crippen LogP contribution in [0, 0.1) is 11.8 Å². The molecule has 0 unspecified atom stereocenters. The van der Waals surface area contributed by atoms with Crippen LogP contribution in [0.1, 0.15) is 51.4 Å². The number of nitrogens with two attached hydrogens (primary N) is 2. The Bertz CT molecular complexity index is 306. The lowest BCUT2D eigenvalue weighted by atomic mass is 9.86. The third-order valence-corrected chi connectivity index (χ3v) is 4.36. The molecule has 0 spiro atoms. The van der Waals surface area contributed by atoms with Gasteiger partial charge in [-0.3, -0.25) is 0 Å². The topological polar surface area (TPSA) is 52.0 Å². The van der Waals surface area contributed by atoms with Gasteiger partial charge in [0.05, 0.1) is 11.8 Å². The van der Waals surface area contributed by atoms with Crippen molar-refractivity contribution in [1.29, 1.82) is 0 Å². The van der Waals surface area contributed by atoms with Crippen LogP contribution in [0.15, 0.2) is 0 Å². The molecule has 0 heterocycles. The van der Waals surface area contributed by atoms with Gasteiger partial charge in [0.2, 0.25) is 0 Å². The van der Waals surface area contributed by atoms with Crippen LogP contribution >= 0.6 is 24.8 Å². The highest BCUT2D eigenvalue weighted by atomic mass is 35.5. The third-order valence-electron chi connectivity index (χ3n) is 4.36. The fourth-order valence-electron chi connectivity index (χ4n) is 3.05. The Morgan fingerprint density at radius 3 is 1.04 bits per heavy atom. The van der Waals surface area contributed by atoms with Gasteiger partial charge in [-0.1, -0.05) is 12.8 Å². The molecule has 2 aliphatic rings. The molecule has 0 bridgehead atoms. The second-order valence-electron chi connectivity index (χ2n) is 6.33. The molecule has 0 aromatic rings. The van der Waals surface area contributed by atoms with Gasteiger partial charge in [0, 0.05) is 12.1 Å². The number of alkyl halides is 6. The van der Waals surface area contributed by atoms with E-state index in [1.165, 1.54) is 0 Å². The zero-order chi connectivity index (χ0) is 17.0. The van der Waals surface area contributed by atoms with Gasteiger partial charge in [-0.05, 0) is 38.5 Å². The first-order chi connectivity index (χ1) is 10.00. The lowest BCUT2D eigenvalue weighted by molar-refractivity contribution is -0.183. The van der Waals surface area contributed by atoms with Crippen LogP contribution in [-0.4, -0.2) is 24.4 Å². The summed E-state index contributed by atoms with van der Waals surface area (Å²) in [6.45, 7) is 0. The second-order valence-corrected chi connectivity index (χ2v) is 6.33. The molecule has 0 aromatic heterocycles. The molecule has 4 N–H and O–H groups in total. The predicted octanol–water partition coefficient (Wildman–Crippen LogP) is 4.98. The standard InChI is InChI=1S/2C7H12F3N.2ClH/c2*8-7(9,10)5-2-1-3-6(11)4-5;;/h2*5-6H,1-4,11H2;2*1H/t2*5-,6-;;/m10../s1. The van der Waals surface area contributed by atoms with Crippen molar-refractivity contribution < 1.29 is 26.3 Å². The highest BCUT2D eigenvalue weighted by molar-refractivity contribution is 5.85. The number of hydrogen-bond donors (Lipinski definition) is 2. The molecule has 0 amide bonds. The summed E-state index contributed by atoms with van der Waals surface area (Å²) in [5.41, 5.74) is 10.8. The normalized spacial score (nSPS) is 31.0. The van der Waals surface area contributed by atoms with E-state index in [0.29, 0.717) is 12.8 Å². The van der Waals surface area contributed by atoms with Crippen LogP contribution in [0.3, 0.4) is 0 Å². The van der Waals surface area contributed by atoms with Gasteiger partial charge in [0.15, 0.2) is 0 Å². The molecule has 4 atom stereocenters. The minimum atomic E-state index is -4.03. The average molecular weight is 407 g/mol. The maximum atomic E-state index is 12.1. The quantitative estimate of drug-likeness (QED) is 0.557. The summed E-state index contributed by atoms with van der Waals surface area (Å²) in [7, 11) is 0. The van der Waals surface area contributed by atoms with E-state index in [4.69, 9.17) is 11.5 Å². The molecule has 0 radical (unpaired) electrons. The monoisotopic (exact) mass is 406 g/mol. The largest absolute Gasteiger partial charge is 0.391 e. The van der Waals surface area contributed by atoms with E-state index < -0.39 is 24.2 Å². The number of halogens is 8. The zero-order valence-corrected chi connectivity index (χ0v) is 14.8. The van der Waals surface area contributed by atoms with Gasteiger partial charge in [0.25, 0.3) is 0 Å². The highest BCUT2D eigenvalue weighted by Crippen LogP contribution is 2.37. The lowest BCUT2D eigenvalue weighted by Crippen LogP contribution is -2.35. The Morgan fingerprint density at radius 1 is 0.583 bits per heavy atom. The average Bonchev–Trinajstić information content (AvgIpc) is 2.37. The zero-order valence-electron chi connectivity index (χ0n) is 13.2. The molecule has 2 saturated carbocycles. The fourth-order valence-corrected chi connectivity index (χ4v) is 3.05. The molecule has 10 heteroatoms. The van der Waals surface area contributed by atoms with Crippen molar-refractivity contribution in [2.45, 2.75) is 75.8 Å². The number of hydrogen-bond acceptors (Lipinski definition) is 2. The lowest BCUT2D eigenvalue weighted by Gasteiger charge is -2.28. The van der Waals surface area contributed by atoms with Gasteiger partial charge in [-0.2, -0.15) is 26.3 Å². The van der Waals surface area contributed by atoms with Gasteiger partial charge >= 0.3 is 12.4 Å². The molecule has 0 aromatic carbocycles. The van der Waals surface area contributed by atoms with Crippen molar-refractivity contribution in [2.24, 2.45) is 23.3 Å². The molecule has 2 rings (SSSR count). The van der Waals surface area contributed by atoms with E-state index >= 15 is 0 Å². The van der Waals surface area contributed by atoms with Crippen molar-refractivity contribution in [2.75, 3.05) is 0 Å². The van der Waals surface area contributed by atoms with E-state index in [2.05, 4.69) is 0 Å². The summed E-state index contributed by atoms with van der Waals surface area (Å²) >= 11 is 0. The van der Waals surface area contributed by atoms with Crippen LogP contribution in [0.2, 0.25) is 0 Å². The Balaban J connectivity index is 0. The Morgan fingerprint density at radius 2 is 0.875 bits per heavy atom. The van der Waals surface area contributed by atoms with Crippen LogP contribution < -0.4 is 11.5 Å². The Kier molecular flexibility index (Phi) is 12.0. The molecular weight excluding hydrogens is 381 g/mol. The maximum absolute atomic E-state index is 12.1. The van der Waals surface area contributed by atoms with Crippen molar-refractivity contribution in [3.63, 3.8) is 0 Å². The summed E-state index contributed by atoms with van der Waals surface area (Å²) in [6.07, 6.45) is -4.59. The van der Waals surface area contributed by atoms with E-state index in [-0.39, 0.29) is 62.6 Å². The van der Waals surface area contributed by atoms with Gasteiger partial charge < -0.3 is 11.5 Å². The van der Waals surface area contributed by atoms with Gasteiger partial charge in [-0.25, -0.2) is 0 Å². The smallest absolute Gasteiger partial charge is 0.328 e. The summed E-state index contributed by atoms with van der Waals surface area (Å²) in [6, 6.07) is -0.481. The summed E-state index contributed by atoms with van der Waals surface area (Å²) < 4.78 is 72.4. The molecule has 0 saturated heterocycles. The first-order valence-corrected chi connectivity index (χ1v) is 7.64. The fraction of sp³-hybridized carbons (Fsp3) is 1.00. The minimum absolute atomic E-state index is 0. The molecular formula is C14H26Cl2F6N2. The second kappa shape index (κ2) is 10.9. The SMILES string of the molecule is Cl.Cl.N[C@@H]1CCC[C@@H](C(F)(F)F)C1.N[C@H]1CCC[C@H](C(F)(F)F)C1. The van der Waals surface area contributed by atoms with E-state index in [9.17, 15) is 26.3 Å². The Hall–Kier alpha value is 0.0800. The first kappa shape index (κ1) is 26.3. The third kappa shape index (κ3) is 9.53. The van der Waals surface area contributed by atoms with E-state index in [1.54, 1.807) is 0 Å². The summed E-state index contributed by atoms with van der Waals surface area (Å²) in [5.74, 6) is -2.29. The van der Waals surface area contributed by atoms with E-state index in [0.717, 1.165) is 12.8 Å². The van der Waals surface area contributed by atoms with Crippen molar-refractivity contribution >= 4 is 24.8 Å². The predicted molar refractivity (Wildman–Crippen MR) is 86.5 cm³/mol.